The summed E-state index contributed by atoms with van der Waals surface area (Å²) >= 11 is 0. The Morgan fingerprint density at radius 2 is 2.18 bits per heavy atom. The van der Waals surface area contributed by atoms with Gasteiger partial charge < -0.3 is 15.0 Å². The minimum Gasteiger partial charge on any atom is -0.394 e. The van der Waals surface area contributed by atoms with E-state index in [1.165, 1.54) is 0 Å². The first-order valence-electron chi connectivity index (χ1n) is 5.85. The predicted molar refractivity (Wildman–Crippen MR) is 68.3 cm³/mol. The SMILES string of the molecule is CCC(CO)Nc1nccn(C(C)(C)C)c1=O. The Balaban J connectivity index is 3.07. The molecule has 0 fully saturated rings. The van der Waals surface area contributed by atoms with Gasteiger partial charge in [0.05, 0.1) is 12.6 Å². The van der Waals surface area contributed by atoms with Crippen molar-refractivity contribution in [3.63, 3.8) is 0 Å². The molecule has 17 heavy (non-hydrogen) atoms. The molecule has 0 saturated heterocycles. The molecule has 1 unspecified atom stereocenters. The van der Waals surface area contributed by atoms with E-state index in [1.807, 2.05) is 27.7 Å². The molecule has 0 spiro atoms. The van der Waals surface area contributed by atoms with E-state index in [-0.39, 0.29) is 23.7 Å². The van der Waals surface area contributed by atoms with Gasteiger partial charge in [-0.15, -0.1) is 0 Å². The van der Waals surface area contributed by atoms with E-state index in [9.17, 15) is 4.79 Å². The highest BCUT2D eigenvalue weighted by atomic mass is 16.3. The topological polar surface area (TPSA) is 67.2 Å². The van der Waals surface area contributed by atoms with Crippen LogP contribution in [0.4, 0.5) is 5.82 Å². The number of anilines is 1. The Morgan fingerprint density at radius 1 is 1.53 bits per heavy atom. The Labute approximate surface area is 102 Å². The van der Waals surface area contributed by atoms with Crippen molar-refractivity contribution >= 4 is 5.82 Å². The molecule has 1 rings (SSSR count). The Bertz CT molecular complexity index is 416. The Hall–Kier alpha value is -1.36. The van der Waals surface area contributed by atoms with Crippen LogP contribution < -0.4 is 10.9 Å². The zero-order valence-electron chi connectivity index (χ0n) is 10.9. The van der Waals surface area contributed by atoms with Crippen molar-refractivity contribution < 1.29 is 5.11 Å². The number of hydrogen-bond donors (Lipinski definition) is 2. The predicted octanol–water partition coefficient (Wildman–Crippen LogP) is 1.18. The molecule has 1 atom stereocenters. The van der Waals surface area contributed by atoms with Crippen LogP contribution in [0.5, 0.6) is 0 Å². The summed E-state index contributed by atoms with van der Waals surface area (Å²) in [5, 5.41) is 12.1. The lowest BCUT2D eigenvalue weighted by molar-refractivity contribution is 0.271. The number of aliphatic hydroxyl groups excluding tert-OH is 1. The smallest absolute Gasteiger partial charge is 0.293 e. The highest BCUT2D eigenvalue weighted by Crippen LogP contribution is 2.11. The largest absolute Gasteiger partial charge is 0.394 e. The number of hydrogen-bond acceptors (Lipinski definition) is 4. The summed E-state index contributed by atoms with van der Waals surface area (Å²) < 4.78 is 1.63. The first-order chi connectivity index (χ1) is 7.90. The lowest BCUT2D eigenvalue weighted by Gasteiger charge is -2.23. The van der Waals surface area contributed by atoms with Gasteiger partial charge in [0.1, 0.15) is 0 Å². The molecular formula is C12H21N3O2. The molecule has 0 saturated carbocycles. The van der Waals surface area contributed by atoms with Gasteiger partial charge in [-0.2, -0.15) is 0 Å². The van der Waals surface area contributed by atoms with Crippen molar-refractivity contribution in [3.8, 4) is 0 Å². The highest BCUT2D eigenvalue weighted by molar-refractivity contribution is 5.32. The zero-order chi connectivity index (χ0) is 13.1. The summed E-state index contributed by atoms with van der Waals surface area (Å²) in [5.74, 6) is 0.295. The average Bonchev–Trinajstić information content (AvgIpc) is 2.26. The van der Waals surface area contributed by atoms with E-state index in [1.54, 1.807) is 17.0 Å². The second-order valence-corrected chi connectivity index (χ2v) is 5.05. The fourth-order valence-electron chi connectivity index (χ4n) is 1.51. The van der Waals surface area contributed by atoms with Gasteiger partial charge in [-0.25, -0.2) is 4.98 Å². The molecule has 0 amide bonds. The van der Waals surface area contributed by atoms with Gasteiger partial charge in [-0.1, -0.05) is 6.92 Å². The molecule has 0 aliphatic rings. The van der Waals surface area contributed by atoms with E-state index < -0.39 is 0 Å². The molecule has 0 aliphatic heterocycles. The molecule has 2 N–H and O–H groups in total. The van der Waals surface area contributed by atoms with E-state index >= 15 is 0 Å². The number of rotatable bonds is 4. The third-order valence-electron chi connectivity index (χ3n) is 2.62. The summed E-state index contributed by atoms with van der Waals surface area (Å²) in [6.07, 6.45) is 4.01. The van der Waals surface area contributed by atoms with Crippen molar-refractivity contribution in [1.82, 2.24) is 9.55 Å². The van der Waals surface area contributed by atoms with Gasteiger partial charge in [0.2, 0.25) is 0 Å². The molecule has 5 heteroatoms. The standard InChI is InChI=1S/C12H21N3O2/c1-5-9(8-16)14-10-11(17)15(7-6-13-10)12(2,3)4/h6-7,9,16H,5,8H2,1-4H3,(H,13,14). The maximum Gasteiger partial charge on any atom is 0.293 e. The molecule has 1 aromatic rings. The first-order valence-corrected chi connectivity index (χ1v) is 5.85. The maximum absolute atomic E-state index is 12.1. The van der Waals surface area contributed by atoms with Crippen molar-refractivity contribution in [2.75, 3.05) is 11.9 Å². The molecule has 5 nitrogen and oxygen atoms in total. The van der Waals surface area contributed by atoms with Gasteiger partial charge in [-0.05, 0) is 27.2 Å². The third-order valence-corrected chi connectivity index (χ3v) is 2.62. The Morgan fingerprint density at radius 3 is 2.65 bits per heavy atom. The van der Waals surface area contributed by atoms with Crippen LogP contribution in [-0.2, 0) is 5.54 Å². The highest BCUT2D eigenvalue weighted by Gasteiger charge is 2.17. The fourth-order valence-corrected chi connectivity index (χ4v) is 1.51. The molecule has 0 bridgehead atoms. The minimum atomic E-state index is -0.280. The summed E-state index contributed by atoms with van der Waals surface area (Å²) in [6, 6.07) is -0.133. The zero-order valence-corrected chi connectivity index (χ0v) is 10.9. The van der Waals surface area contributed by atoms with Crippen molar-refractivity contribution in [3.05, 3.63) is 22.7 Å². The van der Waals surface area contributed by atoms with Crippen molar-refractivity contribution in [2.45, 2.75) is 45.7 Å². The van der Waals surface area contributed by atoms with Crippen LogP contribution in [0.2, 0.25) is 0 Å². The maximum atomic E-state index is 12.1. The van der Waals surface area contributed by atoms with Gasteiger partial charge in [-0.3, -0.25) is 4.79 Å². The number of nitrogens with zero attached hydrogens (tertiary/aromatic N) is 2. The normalized spacial score (nSPS) is 13.5. The first kappa shape index (κ1) is 13.7. The second-order valence-electron chi connectivity index (χ2n) is 5.05. The summed E-state index contributed by atoms with van der Waals surface area (Å²) in [5.41, 5.74) is -0.441. The van der Waals surface area contributed by atoms with Crippen LogP contribution in [0.1, 0.15) is 34.1 Å². The second kappa shape index (κ2) is 5.31. The van der Waals surface area contributed by atoms with Gasteiger partial charge in [0.15, 0.2) is 5.82 Å². The third kappa shape index (κ3) is 3.30. The number of nitrogens with one attached hydrogen (secondary N) is 1. The quantitative estimate of drug-likeness (QED) is 0.828. The van der Waals surface area contributed by atoms with Gasteiger partial charge >= 0.3 is 0 Å². The van der Waals surface area contributed by atoms with Crippen LogP contribution in [0.3, 0.4) is 0 Å². The summed E-state index contributed by atoms with van der Waals surface area (Å²) in [4.78, 5) is 16.2. The van der Waals surface area contributed by atoms with Crippen LogP contribution >= 0.6 is 0 Å². The van der Waals surface area contributed by atoms with Crippen molar-refractivity contribution in [1.29, 1.82) is 0 Å². The molecule has 0 aliphatic carbocycles. The Kier molecular flexibility index (Phi) is 4.28. The molecule has 1 aromatic heterocycles. The molecular weight excluding hydrogens is 218 g/mol. The van der Waals surface area contributed by atoms with Crippen LogP contribution in [0.25, 0.3) is 0 Å². The number of aromatic nitrogens is 2. The molecule has 96 valence electrons. The lowest BCUT2D eigenvalue weighted by atomic mass is 10.1. The molecule has 0 radical (unpaired) electrons. The van der Waals surface area contributed by atoms with E-state index in [4.69, 9.17) is 5.11 Å². The van der Waals surface area contributed by atoms with Crippen LogP contribution in [-0.4, -0.2) is 27.3 Å². The molecule has 1 heterocycles. The molecule has 0 aromatic carbocycles. The van der Waals surface area contributed by atoms with E-state index in [0.717, 1.165) is 6.42 Å². The summed E-state index contributed by atoms with van der Waals surface area (Å²) in [6.45, 7) is 7.81. The number of aliphatic hydroxyl groups is 1. The summed E-state index contributed by atoms with van der Waals surface area (Å²) in [7, 11) is 0. The van der Waals surface area contributed by atoms with E-state index in [0.29, 0.717) is 5.82 Å². The monoisotopic (exact) mass is 239 g/mol. The van der Waals surface area contributed by atoms with Gasteiger partial charge in [0.25, 0.3) is 5.56 Å². The fraction of sp³-hybridized carbons (Fsp3) is 0.667. The lowest BCUT2D eigenvalue weighted by Crippen LogP contribution is -2.37. The van der Waals surface area contributed by atoms with E-state index in [2.05, 4.69) is 10.3 Å². The van der Waals surface area contributed by atoms with Crippen molar-refractivity contribution in [2.24, 2.45) is 0 Å². The van der Waals surface area contributed by atoms with Gasteiger partial charge in [0, 0.05) is 17.9 Å². The average molecular weight is 239 g/mol. The van der Waals surface area contributed by atoms with Crippen LogP contribution in [0.15, 0.2) is 17.2 Å². The van der Waals surface area contributed by atoms with Crippen LogP contribution in [0, 0.1) is 0 Å². The minimum absolute atomic E-state index is 0.0119.